The van der Waals surface area contributed by atoms with Crippen molar-refractivity contribution in [1.82, 2.24) is 29.4 Å². The molecule has 0 aromatic heterocycles. The molecule has 3 aliphatic heterocycles. The predicted molar refractivity (Wildman–Crippen MR) is 438 cm³/mol. The average Bonchev–Trinajstić information content (AvgIpc) is 0.887. The number of benzene rings is 6. The number of carbonyl (C=O) groups excluding carboxylic acids is 6. The summed E-state index contributed by atoms with van der Waals surface area (Å²) in [7, 11) is 6.35. The Hall–Kier alpha value is -6.96. The van der Waals surface area contributed by atoms with Gasteiger partial charge in [0, 0.05) is 224 Å². The molecule has 6 aromatic rings. The molecule has 0 bridgehead atoms. The summed E-state index contributed by atoms with van der Waals surface area (Å²) in [6.45, 7) is 18.6. The smallest absolute Gasteiger partial charge is 0.238 e. The van der Waals surface area contributed by atoms with Crippen LogP contribution in [0.25, 0.3) is 0 Å². The summed E-state index contributed by atoms with van der Waals surface area (Å²) in [5.41, 5.74) is 10.1. The van der Waals surface area contributed by atoms with Gasteiger partial charge in [-0.05, 0) is 160 Å². The molecule has 9 rings (SSSR count). The molecule has 0 spiro atoms. The molecule has 0 atom stereocenters. The average molecular weight is 1560 g/mol. The first-order chi connectivity index (χ1) is 50.9. The van der Waals surface area contributed by atoms with Crippen LogP contribution >= 0.6 is 69.6 Å². The van der Waals surface area contributed by atoms with E-state index in [1.807, 2.05) is 84.9 Å². The van der Waals surface area contributed by atoms with E-state index in [2.05, 4.69) is 97.1 Å². The molecule has 3 saturated heterocycles. The SMILES string of the molecule is CN1CCN(CC(=O)Nc2ccc(NC(=O)Cc3ccc(N(CCCl)CCCl)cc3)cc2)CC1.CN1CCN(CCC(=O)Nc2ccc(NC(=O)Cc3ccc(N(CCCl)CCCl)cc3)cc2)CC1.CN1CCN(CCCC(=O)Nc2ccc(NC(=O)Cc3ccc(N(CCCl)CCCl)cc3)cc2)CC1. The number of carbonyl (C=O) groups is 6. The summed E-state index contributed by atoms with van der Waals surface area (Å²) in [5.74, 6) is 2.86. The molecule has 3 fully saturated rings. The number of nitrogens with zero attached hydrogens (tertiary/aromatic N) is 9. The highest BCUT2D eigenvalue weighted by Gasteiger charge is 2.20. The maximum Gasteiger partial charge on any atom is 0.238 e. The van der Waals surface area contributed by atoms with E-state index in [0.29, 0.717) is 77.4 Å². The van der Waals surface area contributed by atoms with Gasteiger partial charge in [0.15, 0.2) is 0 Å². The lowest BCUT2D eigenvalue weighted by atomic mass is 10.1. The van der Waals surface area contributed by atoms with E-state index in [1.165, 1.54) is 0 Å². The van der Waals surface area contributed by atoms with Gasteiger partial charge in [0.25, 0.3) is 0 Å². The van der Waals surface area contributed by atoms with Crippen molar-refractivity contribution in [1.29, 1.82) is 0 Å². The van der Waals surface area contributed by atoms with Crippen LogP contribution in [-0.2, 0) is 48.0 Å². The molecule has 6 amide bonds. The van der Waals surface area contributed by atoms with E-state index in [4.69, 9.17) is 69.6 Å². The van der Waals surface area contributed by atoms with E-state index < -0.39 is 0 Å². The number of alkyl halides is 6. The van der Waals surface area contributed by atoms with Gasteiger partial charge < -0.3 is 71.1 Å². The Balaban J connectivity index is 0.000000220. The van der Waals surface area contributed by atoms with Crippen LogP contribution in [0.1, 0.15) is 36.0 Å². The first kappa shape index (κ1) is 85.3. The molecule has 21 nitrogen and oxygen atoms in total. The fourth-order valence-electron chi connectivity index (χ4n) is 12.0. The van der Waals surface area contributed by atoms with Crippen LogP contribution < -0.4 is 46.6 Å². The molecule has 0 unspecified atom stereocenters. The van der Waals surface area contributed by atoms with Crippen LogP contribution in [0.2, 0.25) is 0 Å². The summed E-state index contributed by atoms with van der Waals surface area (Å²) < 4.78 is 0. The topological polar surface area (TPSA) is 204 Å². The summed E-state index contributed by atoms with van der Waals surface area (Å²) >= 11 is 35.3. The number of hydrogen-bond donors (Lipinski definition) is 6. The van der Waals surface area contributed by atoms with Crippen molar-refractivity contribution in [2.24, 2.45) is 0 Å². The van der Waals surface area contributed by atoms with Crippen LogP contribution in [-0.4, -0.2) is 259 Å². The zero-order chi connectivity index (χ0) is 75.1. The van der Waals surface area contributed by atoms with Gasteiger partial charge in [0.2, 0.25) is 35.4 Å². The third-order valence-corrected chi connectivity index (χ3v) is 19.2. The number of anilines is 9. The first-order valence-corrected chi connectivity index (χ1v) is 39.3. The van der Waals surface area contributed by atoms with Gasteiger partial charge in [-0.15, -0.1) is 69.6 Å². The molecular formula is C78H105Cl6N15O6. The third-order valence-electron chi connectivity index (χ3n) is 18.2. The minimum absolute atomic E-state index is 0.000166. The Bertz CT molecular complexity index is 3510. The van der Waals surface area contributed by atoms with Crippen LogP contribution in [0.15, 0.2) is 146 Å². The van der Waals surface area contributed by atoms with Gasteiger partial charge in [-0.2, -0.15) is 0 Å². The van der Waals surface area contributed by atoms with Crippen molar-refractivity contribution in [2.75, 3.05) is 240 Å². The van der Waals surface area contributed by atoms with Crippen LogP contribution in [0.3, 0.4) is 0 Å². The summed E-state index contributed by atoms with van der Waals surface area (Å²) in [5, 5.41) is 17.5. The van der Waals surface area contributed by atoms with E-state index in [9.17, 15) is 28.8 Å². The lowest BCUT2D eigenvalue weighted by molar-refractivity contribution is -0.118. The van der Waals surface area contributed by atoms with Gasteiger partial charge in [0.05, 0.1) is 25.8 Å². The van der Waals surface area contributed by atoms with Crippen LogP contribution in [0.5, 0.6) is 0 Å². The Morgan fingerprint density at radius 3 is 0.810 bits per heavy atom. The molecule has 6 aromatic carbocycles. The van der Waals surface area contributed by atoms with Gasteiger partial charge in [-0.1, -0.05) is 36.4 Å². The molecule has 105 heavy (non-hydrogen) atoms. The lowest BCUT2D eigenvalue weighted by Crippen LogP contribution is -2.47. The number of nitrogens with one attached hydrogen (secondary N) is 6. The monoisotopic (exact) mass is 1560 g/mol. The first-order valence-electron chi connectivity index (χ1n) is 36.1. The maximum absolute atomic E-state index is 12.5. The maximum atomic E-state index is 12.5. The van der Waals surface area contributed by atoms with Crippen LogP contribution in [0, 0.1) is 0 Å². The molecule has 6 N–H and O–H groups in total. The number of amides is 6. The Labute approximate surface area is 651 Å². The van der Waals surface area contributed by atoms with Gasteiger partial charge in [-0.25, -0.2) is 0 Å². The van der Waals surface area contributed by atoms with E-state index in [0.717, 1.165) is 182 Å². The fourth-order valence-corrected chi connectivity index (χ4v) is 13.2. The zero-order valence-corrected chi connectivity index (χ0v) is 65.5. The van der Waals surface area contributed by atoms with E-state index in [1.54, 1.807) is 60.7 Å². The van der Waals surface area contributed by atoms with Crippen molar-refractivity contribution >= 4 is 156 Å². The fraction of sp³-hybridized carbons (Fsp3) is 0.462. The van der Waals surface area contributed by atoms with Gasteiger partial charge >= 0.3 is 0 Å². The Kier molecular flexibility index (Phi) is 38.7. The minimum atomic E-state index is -0.0991. The lowest BCUT2D eigenvalue weighted by Gasteiger charge is -2.32. The highest BCUT2D eigenvalue weighted by atomic mass is 35.5. The normalized spacial score (nSPS) is 14.5. The quantitative estimate of drug-likeness (QED) is 0.0203. The highest BCUT2D eigenvalue weighted by molar-refractivity contribution is 6.19. The standard InChI is InChI=1S/C27H37Cl2N5O2.C26H35Cl2N5O2.C25H33Cl2N5O2/c1-32-17-19-33(20-18-32)14-2-3-26(35)30-23-6-8-24(9-7-23)31-27(36)21-22-4-10-25(11-5-22)34(15-12-28)16-13-29;1-31-16-18-32(19-17-31)13-10-25(34)29-22-4-6-23(7-5-22)30-26(35)20-21-2-8-24(9-3-21)33(14-11-27)15-12-28;1-30-14-16-31(17-15-30)19-25(34)29-22-6-4-21(5-7-22)28-24(33)18-20-2-8-23(9-3-20)32(12-10-26)13-11-27/h4-11H,2-3,12-21H2,1H3,(H,30,35)(H,31,36);2-9H,10-20H2,1H3,(H,29,34)(H,30,35);2-9H,10-19H2,1H3,(H,28,33)(H,29,34). The van der Waals surface area contributed by atoms with Crippen molar-refractivity contribution in [3.8, 4) is 0 Å². The van der Waals surface area contributed by atoms with E-state index >= 15 is 0 Å². The number of halogens is 6. The third kappa shape index (κ3) is 32.6. The molecule has 27 heteroatoms. The summed E-state index contributed by atoms with van der Waals surface area (Å²) in [4.78, 5) is 94.5. The second-order valence-electron chi connectivity index (χ2n) is 26.4. The van der Waals surface area contributed by atoms with Gasteiger partial charge in [0.1, 0.15) is 0 Å². The number of likely N-dealkylation sites (N-methyl/N-ethyl adjacent to an activating group) is 3. The number of piperazine rings is 3. The Morgan fingerprint density at radius 1 is 0.295 bits per heavy atom. The molecule has 0 saturated carbocycles. The Morgan fingerprint density at radius 2 is 0.533 bits per heavy atom. The molecule has 3 aliphatic rings. The summed E-state index contributed by atoms with van der Waals surface area (Å²) in [6, 6.07) is 45.3. The number of hydrogen-bond acceptors (Lipinski definition) is 15. The van der Waals surface area contributed by atoms with Gasteiger partial charge in [-0.3, -0.25) is 33.7 Å². The summed E-state index contributed by atoms with van der Waals surface area (Å²) in [6.07, 6.45) is 2.64. The van der Waals surface area contributed by atoms with E-state index in [-0.39, 0.29) is 54.7 Å². The van der Waals surface area contributed by atoms with Crippen molar-refractivity contribution < 1.29 is 28.8 Å². The van der Waals surface area contributed by atoms with Crippen molar-refractivity contribution in [3.05, 3.63) is 162 Å². The second kappa shape index (κ2) is 47.7. The molecule has 0 radical (unpaired) electrons. The predicted octanol–water partition coefficient (Wildman–Crippen LogP) is 11.2. The largest absolute Gasteiger partial charge is 0.369 e. The molecule has 3 heterocycles. The van der Waals surface area contributed by atoms with Crippen molar-refractivity contribution in [2.45, 2.75) is 38.5 Å². The molecule has 0 aliphatic carbocycles. The highest BCUT2D eigenvalue weighted by Crippen LogP contribution is 2.23. The van der Waals surface area contributed by atoms with Crippen LogP contribution in [0.4, 0.5) is 51.2 Å². The minimum Gasteiger partial charge on any atom is -0.369 e. The molecular weight excluding hydrogens is 1460 g/mol. The van der Waals surface area contributed by atoms with Crippen molar-refractivity contribution in [3.63, 3.8) is 0 Å². The second-order valence-corrected chi connectivity index (χ2v) is 28.6. The number of rotatable bonds is 36. The zero-order valence-electron chi connectivity index (χ0n) is 60.9. The molecule has 570 valence electrons.